The van der Waals surface area contributed by atoms with Gasteiger partial charge in [0.15, 0.2) is 11.5 Å². The van der Waals surface area contributed by atoms with E-state index in [0.717, 1.165) is 37.3 Å². The number of hydrogen-bond acceptors (Lipinski definition) is 10. The van der Waals surface area contributed by atoms with Crippen molar-refractivity contribution >= 4 is 44.3 Å². The quantitative estimate of drug-likeness (QED) is 0.438. The molecule has 0 saturated carbocycles. The van der Waals surface area contributed by atoms with Crippen molar-refractivity contribution < 1.29 is 17.9 Å². The molecule has 1 unspecified atom stereocenters. The Labute approximate surface area is 204 Å². The number of nitrogens with zero attached hydrogens (tertiary/aromatic N) is 5. The van der Waals surface area contributed by atoms with Crippen LogP contribution in [0.4, 0.5) is 23.1 Å². The van der Waals surface area contributed by atoms with Gasteiger partial charge in [0.1, 0.15) is 11.3 Å². The lowest BCUT2D eigenvalue weighted by molar-refractivity contribution is 0.122. The third kappa shape index (κ3) is 5.26. The molecule has 2 aliphatic heterocycles. The molecule has 2 aromatic heterocycles. The molecule has 188 valence electrons. The summed E-state index contributed by atoms with van der Waals surface area (Å²) < 4.78 is 36.6. The molecule has 3 aromatic rings. The molecule has 3 N–H and O–H groups in total. The van der Waals surface area contributed by atoms with Crippen LogP contribution in [0.25, 0.3) is 11.2 Å². The zero-order valence-electron chi connectivity index (χ0n) is 19.8. The van der Waals surface area contributed by atoms with Crippen molar-refractivity contribution in [3.8, 4) is 5.75 Å². The number of aromatic nitrogens is 4. The van der Waals surface area contributed by atoms with E-state index in [9.17, 15) is 8.42 Å². The number of ether oxygens (including phenoxy) is 2. The summed E-state index contributed by atoms with van der Waals surface area (Å²) in [5.74, 6) is 1.59. The number of nitrogens with one attached hydrogen (secondary N) is 3. The minimum atomic E-state index is -3.25. The molecule has 0 radical (unpaired) electrons. The number of hydrogen-bond donors (Lipinski definition) is 3. The maximum Gasteiger partial charge on any atom is 0.231 e. The molecule has 0 aliphatic carbocycles. The molecular weight excluding hydrogens is 472 g/mol. The van der Waals surface area contributed by atoms with Crippen LogP contribution in [0.5, 0.6) is 5.75 Å². The number of rotatable bonds is 7. The third-order valence-electron chi connectivity index (χ3n) is 6.28. The molecule has 5 rings (SSSR count). The van der Waals surface area contributed by atoms with Gasteiger partial charge in [-0.2, -0.15) is 9.97 Å². The van der Waals surface area contributed by atoms with Crippen molar-refractivity contribution in [2.75, 3.05) is 68.3 Å². The Morgan fingerprint density at radius 1 is 1.20 bits per heavy atom. The van der Waals surface area contributed by atoms with Gasteiger partial charge in [-0.15, -0.1) is 0 Å². The summed E-state index contributed by atoms with van der Waals surface area (Å²) in [6.45, 7) is 4.00. The lowest BCUT2D eigenvalue weighted by Gasteiger charge is -2.31. The summed E-state index contributed by atoms with van der Waals surface area (Å²) in [5, 5.41) is 6.65. The summed E-state index contributed by atoms with van der Waals surface area (Å²) >= 11 is 0. The van der Waals surface area contributed by atoms with Crippen LogP contribution in [0.3, 0.4) is 0 Å². The van der Waals surface area contributed by atoms with Crippen molar-refractivity contribution in [2.45, 2.75) is 18.9 Å². The normalized spacial score (nSPS) is 19.6. The highest BCUT2D eigenvalue weighted by Crippen LogP contribution is 2.32. The number of piperidine rings is 1. The van der Waals surface area contributed by atoms with Crippen molar-refractivity contribution in [2.24, 2.45) is 0 Å². The molecule has 4 heterocycles. The lowest BCUT2D eigenvalue weighted by Crippen LogP contribution is -2.44. The number of fused-ring (bicyclic) bond motifs is 1. The van der Waals surface area contributed by atoms with Crippen LogP contribution in [0, 0.1) is 0 Å². The third-order valence-corrected chi connectivity index (χ3v) is 7.55. The van der Waals surface area contributed by atoms with Crippen molar-refractivity contribution in [3.63, 3.8) is 0 Å². The fraction of sp³-hybridized carbons (Fsp3) is 0.500. The number of anilines is 4. The highest BCUT2D eigenvalue weighted by atomic mass is 32.2. The highest BCUT2D eigenvalue weighted by molar-refractivity contribution is 7.88. The highest BCUT2D eigenvalue weighted by Gasteiger charge is 2.27. The number of morpholine rings is 1. The Kier molecular flexibility index (Phi) is 6.62. The minimum Gasteiger partial charge on any atom is -0.494 e. The molecule has 1 atom stereocenters. The molecule has 2 saturated heterocycles. The second-order valence-electron chi connectivity index (χ2n) is 8.71. The second kappa shape index (κ2) is 9.84. The first kappa shape index (κ1) is 23.6. The maximum atomic E-state index is 12.0. The molecule has 0 amide bonds. The fourth-order valence-corrected chi connectivity index (χ4v) is 5.38. The Bertz CT molecular complexity index is 1290. The summed E-state index contributed by atoms with van der Waals surface area (Å²) in [6.07, 6.45) is 4.42. The van der Waals surface area contributed by atoms with Crippen molar-refractivity contribution in [1.29, 1.82) is 0 Å². The largest absolute Gasteiger partial charge is 0.494 e. The van der Waals surface area contributed by atoms with Crippen LogP contribution in [0.1, 0.15) is 12.8 Å². The van der Waals surface area contributed by atoms with Crippen LogP contribution in [-0.4, -0.2) is 91.5 Å². The summed E-state index contributed by atoms with van der Waals surface area (Å²) in [4.78, 5) is 18.9. The number of aromatic amines is 1. The van der Waals surface area contributed by atoms with Crippen molar-refractivity contribution in [1.82, 2.24) is 24.2 Å². The van der Waals surface area contributed by atoms with Gasteiger partial charge in [0.05, 0.1) is 38.6 Å². The van der Waals surface area contributed by atoms with Gasteiger partial charge in [0, 0.05) is 44.0 Å². The number of sulfonamides is 1. The van der Waals surface area contributed by atoms with E-state index in [0.29, 0.717) is 55.0 Å². The van der Waals surface area contributed by atoms with E-state index in [1.807, 2.05) is 18.2 Å². The Morgan fingerprint density at radius 3 is 2.80 bits per heavy atom. The Hall–Kier alpha value is -3.16. The Morgan fingerprint density at radius 2 is 2.03 bits per heavy atom. The van der Waals surface area contributed by atoms with E-state index < -0.39 is 10.0 Å². The SMILES string of the molecule is COc1cc(N2CCOCC2)ccc1Nc1nc(NC2CCCN(S(C)(=O)=O)C2)c2nc[nH]c2n1. The number of benzene rings is 1. The van der Waals surface area contributed by atoms with Gasteiger partial charge in [-0.3, -0.25) is 0 Å². The fourth-order valence-electron chi connectivity index (χ4n) is 4.47. The number of H-pyrrole nitrogens is 1. The van der Waals surface area contributed by atoms with E-state index in [1.54, 1.807) is 13.4 Å². The zero-order chi connectivity index (χ0) is 24.4. The maximum absolute atomic E-state index is 12.0. The van der Waals surface area contributed by atoms with Crippen LogP contribution in [-0.2, 0) is 14.8 Å². The van der Waals surface area contributed by atoms with Gasteiger partial charge in [-0.25, -0.2) is 17.7 Å². The molecule has 2 aliphatic rings. The molecule has 13 heteroatoms. The number of methoxy groups -OCH3 is 1. The lowest BCUT2D eigenvalue weighted by atomic mass is 10.1. The second-order valence-corrected chi connectivity index (χ2v) is 10.7. The van der Waals surface area contributed by atoms with E-state index in [4.69, 9.17) is 9.47 Å². The summed E-state index contributed by atoms with van der Waals surface area (Å²) in [6, 6.07) is 5.89. The number of imidazole rings is 1. The Balaban J connectivity index is 1.39. The topological polar surface area (TPSA) is 138 Å². The first-order chi connectivity index (χ1) is 16.9. The zero-order valence-corrected chi connectivity index (χ0v) is 20.6. The average molecular weight is 503 g/mol. The average Bonchev–Trinajstić information content (AvgIpc) is 3.34. The molecule has 1 aromatic carbocycles. The standard InChI is InChI=1S/C22H30N8O4S/c1-33-18-12-16(29-8-10-34-11-9-29)5-6-17(18)26-22-27-20-19(23-14-24-20)21(28-22)25-15-4-3-7-30(13-15)35(2,31)32/h5-6,12,14-15H,3-4,7-11,13H2,1-2H3,(H3,23,24,25,26,27,28). The van der Waals surface area contributed by atoms with E-state index in [1.165, 1.54) is 10.6 Å². The van der Waals surface area contributed by atoms with Crippen LogP contribution >= 0.6 is 0 Å². The first-order valence-electron chi connectivity index (χ1n) is 11.6. The molecule has 0 spiro atoms. The van der Waals surface area contributed by atoms with Gasteiger partial charge in [-0.05, 0) is 25.0 Å². The van der Waals surface area contributed by atoms with Crippen LogP contribution in [0.15, 0.2) is 24.5 Å². The summed E-state index contributed by atoms with van der Waals surface area (Å²) in [5.41, 5.74) is 2.97. The van der Waals surface area contributed by atoms with Gasteiger partial charge in [-0.1, -0.05) is 0 Å². The predicted molar refractivity (Wildman–Crippen MR) is 134 cm³/mol. The minimum absolute atomic E-state index is 0.0801. The molecule has 0 bridgehead atoms. The van der Waals surface area contributed by atoms with Gasteiger partial charge in [0.25, 0.3) is 0 Å². The van der Waals surface area contributed by atoms with E-state index >= 15 is 0 Å². The molecule has 35 heavy (non-hydrogen) atoms. The summed E-state index contributed by atoms with van der Waals surface area (Å²) in [7, 11) is -1.62. The molecule has 12 nitrogen and oxygen atoms in total. The first-order valence-corrected chi connectivity index (χ1v) is 13.5. The van der Waals surface area contributed by atoms with Crippen molar-refractivity contribution in [3.05, 3.63) is 24.5 Å². The van der Waals surface area contributed by atoms with Gasteiger partial charge in [0.2, 0.25) is 16.0 Å². The monoisotopic (exact) mass is 502 g/mol. The van der Waals surface area contributed by atoms with Crippen LogP contribution < -0.4 is 20.3 Å². The van der Waals surface area contributed by atoms with E-state index in [-0.39, 0.29) is 6.04 Å². The van der Waals surface area contributed by atoms with Gasteiger partial charge >= 0.3 is 0 Å². The molecule has 2 fully saturated rings. The predicted octanol–water partition coefficient (Wildman–Crippen LogP) is 1.78. The van der Waals surface area contributed by atoms with Gasteiger partial charge < -0.3 is 30.0 Å². The molecular formula is C22H30N8O4S. The van der Waals surface area contributed by atoms with E-state index in [2.05, 4.69) is 35.5 Å². The van der Waals surface area contributed by atoms with Crippen LogP contribution in [0.2, 0.25) is 0 Å². The smallest absolute Gasteiger partial charge is 0.231 e.